The summed E-state index contributed by atoms with van der Waals surface area (Å²) in [5.74, 6) is 6.21. The zero-order chi connectivity index (χ0) is 16.5. The Morgan fingerprint density at radius 1 is 1.43 bits per heavy atom. The Morgan fingerprint density at radius 3 is 3.00 bits per heavy atom. The molecule has 1 unspecified atom stereocenters. The van der Waals surface area contributed by atoms with E-state index in [1.807, 2.05) is 30.3 Å². The summed E-state index contributed by atoms with van der Waals surface area (Å²) in [5, 5.41) is 5.29. The van der Waals surface area contributed by atoms with Crippen LogP contribution in [-0.2, 0) is 16.0 Å². The first-order chi connectivity index (χ1) is 11.2. The van der Waals surface area contributed by atoms with E-state index in [4.69, 9.17) is 4.74 Å². The van der Waals surface area contributed by atoms with Gasteiger partial charge in [-0.2, -0.15) is 0 Å². The molecule has 0 saturated carbocycles. The van der Waals surface area contributed by atoms with Crippen molar-refractivity contribution in [1.82, 2.24) is 10.6 Å². The van der Waals surface area contributed by atoms with Gasteiger partial charge in [-0.3, -0.25) is 9.59 Å². The SMILES string of the molecule is C=CCc1ccccc1OCC#CCNC(=O)C1CCC(=O)N1. The molecule has 23 heavy (non-hydrogen) atoms. The van der Waals surface area contributed by atoms with Gasteiger partial charge >= 0.3 is 0 Å². The minimum atomic E-state index is -0.425. The van der Waals surface area contributed by atoms with Gasteiger partial charge in [0.2, 0.25) is 11.8 Å². The average molecular weight is 312 g/mol. The third-order valence-electron chi connectivity index (χ3n) is 3.42. The highest BCUT2D eigenvalue weighted by Crippen LogP contribution is 2.18. The fourth-order valence-electron chi connectivity index (χ4n) is 2.26. The lowest BCUT2D eigenvalue weighted by Gasteiger charge is -2.08. The molecular formula is C18H20N2O3. The molecule has 0 spiro atoms. The Kier molecular flexibility index (Phi) is 6.25. The van der Waals surface area contributed by atoms with Crippen LogP contribution in [0.25, 0.3) is 0 Å². The first-order valence-corrected chi connectivity index (χ1v) is 7.55. The summed E-state index contributed by atoms with van der Waals surface area (Å²) < 4.78 is 5.62. The average Bonchev–Trinajstić information content (AvgIpc) is 2.99. The van der Waals surface area contributed by atoms with Crippen molar-refractivity contribution < 1.29 is 14.3 Å². The van der Waals surface area contributed by atoms with Crippen molar-refractivity contribution in [2.45, 2.75) is 25.3 Å². The fraction of sp³-hybridized carbons (Fsp3) is 0.333. The van der Waals surface area contributed by atoms with Crippen LogP contribution in [-0.4, -0.2) is 31.0 Å². The molecule has 2 rings (SSSR count). The lowest BCUT2D eigenvalue weighted by atomic mass is 10.1. The van der Waals surface area contributed by atoms with E-state index in [-0.39, 0.29) is 25.0 Å². The molecule has 1 aromatic rings. The lowest BCUT2D eigenvalue weighted by molar-refractivity contribution is -0.125. The number of ether oxygens (including phenoxy) is 1. The Bertz CT molecular complexity index is 643. The number of para-hydroxylation sites is 1. The predicted molar refractivity (Wildman–Crippen MR) is 87.8 cm³/mol. The van der Waals surface area contributed by atoms with Crippen LogP contribution in [0.1, 0.15) is 18.4 Å². The maximum absolute atomic E-state index is 11.7. The molecule has 5 nitrogen and oxygen atoms in total. The largest absolute Gasteiger partial charge is 0.481 e. The summed E-state index contributed by atoms with van der Waals surface area (Å²) in [7, 11) is 0. The predicted octanol–water partition coefficient (Wildman–Crippen LogP) is 1.19. The van der Waals surface area contributed by atoms with Crippen LogP contribution < -0.4 is 15.4 Å². The number of allylic oxidation sites excluding steroid dienone is 1. The van der Waals surface area contributed by atoms with Crippen molar-refractivity contribution in [2.75, 3.05) is 13.2 Å². The van der Waals surface area contributed by atoms with E-state index in [1.54, 1.807) is 0 Å². The van der Waals surface area contributed by atoms with Gasteiger partial charge in [0.25, 0.3) is 0 Å². The maximum Gasteiger partial charge on any atom is 0.243 e. The van der Waals surface area contributed by atoms with Crippen molar-refractivity contribution in [2.24, 2.45) is 0 Å². The molecule has 1 fully saturated rings. The van der Waals surface area contributed by atoms with Crippen molar-refractivity contribution in [3.63, 3.8) is 0 Å². The summed E-state index contributed by atoms with van der Waals surface area (Å²) in [5.41, 5.74) is 1.06. The Hall–Kier alpha value is -2.74. The molecule has 1 saturated heterocycles. The van der Waals surface area contributed by atoms with Gasteiger partial charge in [-0.25, -0.2) is 0 Å². The van der Waals surface area contributed by atoms with E-state index in [1.165, 1.54) is 0 Å². The van der Waals surface area contributed by atoms with E-state index >= 15 is 0 Å². The summed E-state index contributed by atoms with van der Waals surface area (Å²) in [6.45, 7) is 4.21. The van der Waals surface area contributed by atoms with E-state index in [0.29, 0.717) is 12.8 Å². The van der Waals surface area contributed by atoms with E-state index < -0.39 is 6.04 Å². The van der Waals surface area contributed by atoms with Gasteiger partial charge < -0.3 is 15.4 Å². The summed E-state index contributed by atoms with van der Waals surface area (Å²) in [6, 6.07) is 7.32. The van der Waals surface area contributed by atoms with Gasteiger partial charge in [0.1, 0.15) is 18.4 Å². The molecule has 1 aliphatic rings. The smallest absolute Gasteiger partial charge is 0.243 e. The number of carbonyl (C=O) groups is 2. The molecule has 1 heterocycles. The second kappa shape index (κ2) is 8.64. The van der Waals surface area contributed by atoms with Crippen molar-refractivity contribution in [3.05, 3.63) is 42.5 Å². The van der Waals surface area contributed by atoms with E-state index in [0.717, 1.165) is 17.7 Å². The van der Waals surface area contributed by atoms with Crippen LogP contribution in [0, 0.1) is 11.8 Å². The highest BCUT2D eigenvalue weighted by Gasteiger charge is 2.26. The molecule has 2 amide bonds. The van der Waals surface area contributed by atoms with Crippen molar-refractivity contribution in [3.8, 4) is 17.6 Å². The normalized spacial score (nSPS) is 16.0. The third kappa shape index (κ3) is 5.19. The van der Waals surface area contributed by atoms with Crippen LogP contribution in [0.4, 0.5) is 0 Å². The molecule has 0 radical (unpaired) electrons. The van der Waals surface area contributed by atoms with Gasteiger partial charge in [-0.1, -0.05) is 36.1 Å². The molecule has 0 aliphatic carbocycles. The zero-order valence-corrected chi connectivity index (χ0v) is 12.9. The Balaban J connectivity index is 1.71. The van der Waals surface area contributed by atoms with Crippen LogP contribution in [0.3, 0.4) is 0 Å². The summed E-state index contributed by atoms with van der Waals surface area (Å²) in [6.07, 6.45) is 3.51. The third-order valence-corrected chi connectivity index (χ3v) is 3.42. The molecular weight excluding hydrogens is 292 g/mol. The van der Waals surface area contributed by atoms with Crippen LogP contribution in [0.15, 0.2) is 36.9 Å². The fourth-order valence-corrected chi connectivity index (χ4v) is 2.26. The molecule has 1 aliphatic heterocycles. The molecule has 0 aromatic heterocycles. The first kappa shape index (κ1) is 16.6. The minimum Gasteiger partial charge on any atom is -0.481 e. The number of hydrogen-bond donors (Lipinski definition) is 2. The molecule has 5 heteroatoms. The quantitative estimate of drug-likeness (QED) is 0.612. The molecule has 2 N–H and O–H groups in total. The number of carbonyl (C=O) groups excluding carboxylic acids is 2. The summed E-state index contributed by atoms with van der Waals surface area (Å²) in [4.78, 5) is 22.8. The van der Waals surface area contributed by atoms with Crippen molar-refractivity contribution >= 4 is 11.8 Å². The number of hydrogen-bond acceptors (Lipinski definition) is 3. The summed E-state index contributed by atoms with van der Waals surface area (Å²) >= 11 is 0. The van der Waals surface area contributed by atoms with E-state index in [9.17, 15) is 9.59 Å². The second-order valence-corrected chi connectivity index (χ2v) is 5.12. The monoisotopic (exact) mass is 312 g/mol. The highest BCUT2D eigenvalue weighted by atomic mass is 16.5. The number of amides is 2. The number of nitrogens with one attached hydrogen (secondary N) is 2. The second-order valence-electron chi connectivity index (χ2n) is 5.12. The lowest BCUT2D eigenvalue weighted by Crippen LogP contribution is -2.41. The topological polar surface area (TPSA) is 67.4 Å². The Morgan fingerprint density at radius 2 is 2.26 bits per heavy atom. The van der Waals surface area contributed by atoms with Crippen LogP contribution in [0.5, 0.6) is 5.75 Å². The van der Waals surface area contributed by atoms with Gasteiger partial charge in [0.15, 0.2) is 0 Å². The highest BCUT2D eigenvalue weighted by molar-refractivity contribution is 5.90. The van der Waals surface area contributed by atoms with Gasteiger partial charge in [0.05, 0.1) is 6.54 Å². The van der Waals surface area contributed by atoms with E-state index in [2.05, 4.69) is 29.1 Å². The maximum atomic E-state index is 11.7. The molecule has 1 aromatic carbocycles. The van der Waals surface area contributed by atoms with Gasteiger partial charge in [-0.05, 0) is 24.5 Å². The number of rotatable bonds is 6. The van der Waals surface area contributed by atoms with Gasteiger partial charge in [-0.15, -0.1) is 6.58 Å². The Labute approximate surface area is 136 Å². The van der Waals surface area contributed by atoms with Crippen LogP contribution >= 0.6 is 0 Å². The minimum absolute atomic E-state index is 0.0807. The van der Waals surface area contributed by atoms with Gasteiger partial charge in [0, 0.05) is 6.42 Å². The molecule has 1 atom stereocenters. The molecule has 120 valence electrons. The first-order valence-electron chi connectivity index (χ1n) is 7.55. The number of benzene rings is 1. The van der Waals surface area contributed by atoms with Crippen molar-refractivity contribution in [1.29, 1.82) is 0 Å². The molecule has 0 bridgehead atoms. The van der Waals surface area contributed by atoms with Crippen LogP contribution in [0.2, 0.25) is 0 Å². The zero-order valence-electron chi connectivity index (χ0n) is 12.9. The standard InChI is InChI=1S/C18H20N2O3/c1-2-7-14-8-3-4-9-16(14)23-13-6-5-12-19-18(22)15-10-11-17(21)20-15/h2-4,8-9,15H,1,7,10-13H2,(H,19,22)(H,20,21).